The molecule has 5 aromatic rings. The summed E-state index contributed by atoms with van der Waals surface area (Å²) in [4.78, 5) is 71.2. The van der Waals surface area contributed by atoms with Gasteiger partial charge in [0, 0.05) is 11.5 Å². The standard InChI is InChI=1S/C49H45N3O16/c50-52-51-26-27-60-48-41(67-46(58)33-22-12-4-13-23-33)39(65-44(56)31-18-8-2-9-19-31)37(54)36(63-48)29-61-49-42(68-47(59)34-24-14-5-15-25-34)40(66-45(57)32-20-10-3-11-21-32)38(35(28-53)62-49)64-43(55)30-16-6-1-7-17-30/h1-25,35-42,48-49,53-54H,26-29H2/t35-,36-,37-,38-,39+,40+,41-,42-,48-,49-/m1/s1. The zero-order valence-corrected chi connectivity index (χ0v) is 36.0. The van der Waals surface area contributed by atoms with Gasteiger partial charge in [0.1, 0.15) is 18.3 Å². The van der Waals surface area contributed by atoms with Gasteiger partial charge in [-0.1, -0.05) is 96.1 Å². The zero-order valence-electron chi connectivity index (χ0n) is 36.0. The van der Waals surface area contributed by atoms with Crippen LogP contribution >= 0.6 is 0 Å². The van der Waals surface area contributed by atoms with Crippen molar-refractivity contribution in [3.8, 4) is 0 Å². The van der Waals surface area contributed by atoms with Crippen LogP contribution in [-0.2, 0) is 42.6 Å². The Kier molecular flexibility index (Phi) is 17.0. The van der Waals surface area contributed by atoms with E-state index >= 15 is 0 Å². The second kappa shape index (κ2) is 23.8. The molecule has 2 N–H and O–H groups in total. The molecule has 0 amide bonds. The molecule has 68 heavy (non-hydrogen) atoms. The molecular weight excluding hydrogens is 887 g/mol. The van der Waals surface area contributed by atoms with Gasteiger partial charge in [0.05, 0.1) is 47.6 Å². The largest absolute Gasteiger partial charge is 0.452 e. The Hall–Kier alpha value is -7.48. The van der Waals surface area contributed by atoms with E-state index in [2.05, 4.69) is 10.0 Å². The second-order valence-electron chi connectivity index (χ2n) is 15.1. The molecule has 7 rings (SSSR count). The number of ether oxygens (including phenoxy) is 9. The van der Waals surface area contributed by atoms with Crippen molar-refractivity contribution in [1.29, 1.82) is 0 Å². The number of azide groups is 1. The summed E-state index contributed by atoms with van der Waals surface area (Å²) in [6.45, 7) is -2.05. The summed E-state index contributed by atoms with van der Waals surface area (Å²) in [7, 11) is 0. The van der Waals surface area contributed by atoms with E-state index in [-0.39, 0.29) is 41.0 Å². The lowest BCUT2D eigenvalue weighted by Gasteiger charge is -2.46. The highest BCUT2D eigenvalue weighted by Crippen LogP contribution is 2.34. The summed E-state index contributed by atoms with van der Waals surface area (Å²) in [5, 5.41) is 26.3. The number of aliphatic hydroxyl groups excluding tert-OH is 2. The van der Waals surface area contributed by atoms with Crippen LogP contribution in [0.1, 0.15) is 51.8 Å². The molecule has 19 heteroatoms. The Bertz CT molecular complexity index is 2500. The predicted octanol–water partition coefficient (Wildman–Crippen LogP) is 5.26. The van der Waals surface area contributed by atoms with Gasteiger partial charge in [-0.2, -0.15) is 0 Å². The average molecular weight is 932 g/mol. The van der Waals surface area contributed by atoms with Crippen LogP contribution in [0.4, 0.5) is 0 Å². The molecule has 2 saturated heterocycles. The van der Waals surface area contributed by atoms with Gasteiger partial charge >= 0.3 is 29.8 Å². The minimum absolute atomic E-state index is 0.0624. The number of esters is 5. The van der Waals surface area contributed by atoms with Crippen molar-refractivity contribution in [2.75, 3.05) is 26.4 Å². The highest BCUT2D eigenvalue weighted by Gasteiger charge is 2.55. The molecule has 10 atom stereocenters. The van der Waals surface area contributed by atoms with Crippen LogP contribution in [0.2, 0.25) is 0 Å². The normalized spacial score (nSPS) is 24.3. The lowest BCUT2D eigenvalue weighted by molar-refractivity contribution is -0.328. The quantitative estimate of drug-likeness (QED) is 0.0284. The minimum Gasteiger partial charge on any atom is -0.452 e. The Balaban J connectivity index is 1.23. The van der Waals surface area contributed by atoms with Crippen molar-refractivity contribution in [3.63, 3.8) is 0 Å². The summed E-state index contributed by atoms with van der Waals surface area (Å²) in [5.41, 5.74) is 9.34. The van der Waals surface area contributed by atoms with E-state index in [1.807, 2.05) is 0 Å². The van der Waals surface area contributed by atoms with Crippen LogP contribution in [0.15, 0.2) is 157 Å². The van der Waals surface area contributed by atoms with E-state index in [4.69, 9.17) is 48.2 Å². The lowest BCUT2D eigenvalue weighted by atomic mass is 9.97. The number of aliphatic hydroxyl groups is 2. The van der Waals surface area contributed by atoms with E-state index in [0.717, 1.165) is 0 Å². The summed E-state index contributed by atoms with van der Waals surface area (Å²) in [6, 6.07) is 39.0. The van der Waals surface area contributed by atoms with Crippen molar-refractivity contribution in [2.45, 2.75) is 61.4 Å². The third kappa shape index (κ3) is 12.3. The smallest absolute Gasteiger partial charge is 0.338 e. The van der Waals surface area contributed by atoms with E-state index in [9.17, 15) is 34.2 Å². The number of hydrogen-bond acceptors (Lipinski definition) is 17. The molecule has 2 heterocycles. The predicted molar refractivity (Wildman–Crippen MR) is 235 cm³/mol. The first-order valence-electron chi connectivity index (χ1n) is 21.3. The highest BCUT2D eigenvalue weighted by atomic mass is 16.8. The van der Waals surface area contributed by atoms with E-state index < -0.39 is 104 Å². The van der Waals surface area contributed by atoms with Gasteiger partial charge in [0.2, 0.25) is 0 Å². The SMILES string of the molecule is [N-]=[N+]=NCCO[C@@H]1O[C@H](CO[C@@H]2O[C@H](CO)[C@@H](OC(=O)c3ccccc3)[C@H](OC(=O)c3ccccc3)[C@H]2OC(=O)c2ccccc2)[C@@H](O)[C@H](OC(=O)c2ccccc2)[C@H]1OC(=O)c1ccccc1. The molecule has 0 unspecified atom stereocenters. The molecule has 352 valence electrons. The van der Waals surface area contributed by atoms with Gasteiger partial charge in [-0.3, -0.25) is 0 Å². The third-order valence-corrected chi connectivity index (χ3v) is 10.6. The molecule has 2 fully saturated rings. The van der Waals surface area contributed by atoms with Gasteiger partial charge in [-0.15, -0.1) is 0 Å². The van der Waals surface area contributed by atoms with E-state index in [1.54, 1.807) is 91.0 Å². The van der Waals surface area contributed by atoms with Gasteiger partial charge in [-0.05, 0) is 66.2 Å². The maximum absolute atomic E-state index is 13.9. The van der Waals surface area contributed by atoms with Crippen molar-refractivity contribution in [2.24, 2.45) is 5.11 Å². The van der Waals surface area contributed by atoms with Crippen LogP contribution < -0.4 is 0 Å². The van der Waals surface area contributed by atoms with Crippen LogP contribution in [0.3, 0.4) is 0 Å². The van der Waals surface area contributed by atoms with Gasteiger partial charge in [0.15, 0.2) is 43.1 Å². The minimum atomic E-state index is -1.86. The molecule has 0 aliphatic carbocycles. The Morgan fingerprint density at radius 1 is 0.485 bits per heavy atom. The van der Waals surface area contributed by atoms with Gasteiger partial charge in [-0.25, -0.2) is 24.0 Å². The maximum atomic E-state index is 13.9. The molecule has 0 bridgehead atoms. The van der Waals surface area contributed by atoms with E-state index in [0.29, 0.717) is 0 Å². The van der Waals surface area contributed by atoms with E-state index in [1.165, 1.54) is 60.7 Å². The number of rotatable bonds is 18. The lowest BCUT2D eigenvalue weighted by Crippen LogP contribution is -2.64. The van der Waals surface area contributed by atoms with Gasteiger partial charge in [0.25, 0.3) is 0 Å². The fourth-order valence-electron chi connectivity index (χ4n) is 7.26. The number of nitrogens with zero attached hydrogens (tertiary/aromatic N) is 3. The van der Waals surface area contributed by atoms with Crippen molar-refractivity contribution >= 4 is 29.8 Å². The topological polar surface area (TPSA) is 258 Å². The van der Waals surface area contributed by atoms with Crippen molar-refractivity contribution in [3.05, 3.63) is 190 Å². The Morgan fingerprint density at radius 2 is 0.824 bits per heavy atom. The van der Waals surface area contributed by atoms with Crippen molar-refractivity contribution in [1.82, 2.24) is 0 Å². The fraction of sp³-hybridized carbons (Fsp3) is 0.286. The molecule has 0 spiro atoms. The first kappa shape index (κ1) is 48.5. The molecule has 0 radical (unpaired) electrons. The fourth-order valence-corrected chi connectivity index (χ4v) is 7.26. The first-order chi connectivity index (χ1) is 33.1. The number of hydrogen-bond donors (Lipinski definition) is 2. The van der Waals surface area contributed by atoms with Crippen LogP contribution in [-0.4, -0.2) is 128 Å². The molecule has 2 aliphatic rings. The highest BCUT2D eigenvalue weighted by molar-refractivity contribution is 5.92. The molecular formula is C49H45N3O16. The summed E-state index contributed by atoms with van der Waals surface area (Å²) < 4.78 is 54.1. The van der Waals surface area contributed by atoms with Crippen molar-refractivity contribution < 1.29 is 76.8 Å². The summed E-state index contributed by atoms with van der Waals surface area (Å²) >= 11 is 0. The molecule has 0 saturated carbocycles. The second-order valence-corrected chi connectivity index (χ2v) is 15.1. The number of benzene rings is 5. The average Bonchev–Trinajstić information content (AvgIpc) is 3.38. The molecule has 0 aromatic heterocycles. The third-order valence-electron chi connectivity index (χ3n) is 10.6. The van der Waals surface area contributed by atoms with Crippen LogP contribution in [0, 0.1) is 0 Å². The van der Waals surface area contributed by atoms with Gasteiger partial charge < -0.3 is 52.8 Å². The first-order valence-corrected chi connectivity index (χ1v) is 21.3. The summed E-state index contributed by atoms with van der Waals surface area (Å²) in [6.07, 6.45) is -16.8. The Labute approximate surface area is 388 Å². The number of carbonyl (C=O) groups is 5. The molecule has 19 nitrogen and oxygen atoms in total. The summed E-state index contributed by atoms with van der Waals surface area (Å²) in [5.74, 6) is -4.58. The molecule has 2 aliphatic heterocycles. The van der Waals surface area contributed by atoms with Crippen LogP contribution in [0.5, 0.6) is 0 Å². The number of carbonyl (C=O) groups excluding carboxylic acids is 5. The van der Waals surface area contributed by atoms with Crippen LogP contribution in [0.25, 0.3) is 10.4 Å². The molecule has 5 aromatic carbocycles. The monoisotopic (exact) mass is 931 g/mol. The Morgan fingerprint density at radius 3 is 1.22 bits per heavy atom. The maximum Gasteiger partial charge on any atom is 0.338 e. The zero-order chi connectivity index (χ0) is 47.8.